The first-order valence-electron chi connectivity index (χ1n) is 5.84. The topological polar surface area (TPSA) is 22.0 Å². The van der Waals surface area contributed by atoms with E-state index in [2.05, 4.69) is 0 Å². The van der Waals surface area contributed by atoms with Gasteiger partial charge in [0, 0.05) is 11.5 Å². The number of hydrogen-bond acceptors (Lipinski definition) is 1. The van der Waals surface area contributed by atoms with Crippen LogP contribution < -0.4 is 5.56 Å². The minimum Gasteiger partial charge on any atom is -0.272 e. The number of rotatable bonds is 1. The highest BCUT2D eigenvalue weighted by atomic mass is 35.5. The molecule has 20 heavy (non-hydrogen) atoms. The number of fused-ring (bicyclic) bond motifs is 1. The van der Waals surface area contributed by atoms with Crippen LogP contribution in [0.2, 0.25) is 5.02 Å². The summed E-state index contributed by atoms with van der Waals surface area (Å²) in [5.74, 6) is -2.10. The number of benzene rings is 2. The lowest BCUT2D eigenvalue weighted by atomic mass is 10.2. The maximum absolute atomic E-state index is 13.9. The zero-order valence-corrected chi connectivity index (χ0v) is 10.9. The molecule has 0 aliphatic heterocycles. The van der Waals surface area contributed by atoms with Gasteiger partial charge < -0.3 is 0 Å². The number of pyridine rings is 1. The summed E-state index contributed by atoms with van der Waals surface area (Å²) >= 11 is 6.10. The Labute approximate surface area is 117 Å². The van der Waals surface area contributed by atoms with E-state index in [0.717, 1.165) is 10.6 Å². The summed E-state index contributed by atoms with van der Waals surface area (Å²) < 4.78 is 28.4. The molecular weight excluding hydrogens is 284 g/mol. The van der Waals surface area contributed by atoms with Crippen LogP contribution >= 0.6 is 11.6 Å². The fraction of sp³-hybridized carbons (Fsp3) is 0. The van der Waals surface area contributed by atoms with Crippen molar-refractivity contribution in [3.05, 3.63) is 75.5 Å². The molecule has 2 nitrogen and oxygen atoms in total. The molecule has 5 heteroatoms. The summed E-state index contributed by atoms with van der Waals surface area (Å²) in [6, 6.07) is 11.6. The number of aromatic nitrogens is 1. The van der Waals surface area contributed by atoms with Crippen molar-refractivity contribution < 1.29 is 8.78 Å². The fourth-order valence-electron chi connectivity index (χ4n) is 2.15. The number of halogens is 3. The van der Waals surface area contributed by atoms with Crippen LogP contribution in [0.1, 0.15) is 0 Å². The Morgan fingerprint density at radius 3 is 2.50 bits per heavy atom. The number of para-hydroxylation sites is 1. The van der Waals surface area contributed by atoms with Gasteiger partial charge in [0.2, 0.25) is 0 Å². The van der Waals surface area contributed by atoms with Crippen molar-refractivity contribution in [1.29, 1.82) is 0 Å². The summed E-state index contributed by atoms with van der Waals surface area (Å²) in [5, 5.41) is 0.963. The third kappa shape index (κ3) is 1.89. The second-order valence-corrected chi connectivity index (χ2v) is 4.66. The van der Waals surface area contributed by atoms with Gasteiger partial charge in [-0.25, -0.2) is 8.78 Å². The lowest BCUT2D eigenvalue weighted by Crippen LogP contribution is -2.19. The molecule has 0 saturated carbocycles. The average Bonchev–Trinajstić information content (AvgIpc) is 2.43. The molecule has 0 spiro atoms. The van der Waals surface area contributed by atoms with Crippen molar-refractivity contribution in [2.75, 3.05) is 0 Å². The molecule has 0 radical (unpaired) electrons. The zero-order valence-electron chi connectivity index (χ0n) is 10.1. The molecule has 2 aromatic carbocycles. The van der Waals surface area contributed by atoms with Crippen molar-refractivity contribution >= 4 is 22.5 Å². The molecule has 0 aliphatic carbocycles. The molecule has 0 fully saturated rings. The van der Waals surface area contributed by atoms with Crippen LogP contribution in [-0.2, 0) is 0 Å². The van der Waals surface area contributed by atoms with Crippen LogP contribution in [0.3, 0.4) is 0 Å². The first-order valence-corrected chi connectivity index (χ1v) is 6.22. The molecule has 0 saturated heterocycles. The normalized spacial score (nSPS) is 10.9. The SMILES string of the molecule is O=c1ccc2cccc(Cl)c2n1-c1cccc(F)c1F. The van der Waals surface area contributed by atoms with Gasteiger partial charge >= 0.3 is 0 Å². The summed E-state index contributed by atoms with van der Waals surface area (Å²) in [7, 11) is 0. The van der Waals surface area contributed by atoms with Gasteiger partial charge in [-0.05, 0) is 24.3 Å². The zero-order chi connectivity index (χ0) is 14.3. The summed E-state index contributed by atoms with van der Waals surface area (Å²) in [5.41, 5.74) is -0.282. The molecule has 3 aromatic rings. The molecule has 0 bridgehead atoms. The van der Waals surface area contributed by atoms with Gasteiger partial charge in [0.25, 0.3) is 5.56 Å². The van der Waals surface area contributed by atoms with E-state index in [1.165, 1.54) is 18.2 Å². The minimum absolute atomic E-state index is 0.159. The van der Waals surface area contributed by atoms with Crippen LogP contribution in [0.15, 0.2) is 53.3 Å². The quantitative estimate of drug-likeness (QED) is 0.666. The van der Waals surface area contributed by atoms with Crippen LogP contribution in [0, 0.1) is 11.6 Å². The first-order chi connectivity index (χ1) is 9.59. The Morgan fingerprint density at radius 2 is 1.70 bits per heavy atom. The van der Waals surface area contributed by atoms with E-state index in [1.54, 1.807) is 24.3 Å². The van der Waals surface area contributed by atoms with Crippen molar-refractivity contribution in [1.82, 2.24) is 4.57 Å². The van der Waals surface area contributed by atoms with Gasteiger partial charge in [0.1, 0.15) is 0 Å². The molecule has 1 heterocycles. The molecule has 0 unspecified atom stereocenters. The summed E-state index contributed by atoms with van der Waals surface area (Å²) in [6.07, 6.45) is 0. The molecule has 100 valence electrons. The molecule has 0 amide bonds. The van der Waals surface area contributed by atoms with E-state index in [9.17, 15) is 13.6 Å². The maximum atomic E-state index is 13.9. The molecule has 1 aromatic heterocycles. The highest BCUT2D eigenvalue weighted by Crippen LogP contribution is 2.25. The number of hydrogen-bond donors (Lipinski definition) is 0. The van der Waals surface area contributed by atoms with E-state index in [0.29, 0.717) is 15.9 Å². The highest BCUT2D eigenvalue weighted by molar-refractivity contribution is 6.35. The molecule has 0 N–H and O–H groups in total. The monoisotopic (exact) mass is 291 g/mol. The van der Waals surface area contributed by atoms with Crippen LogP contribution in [0.4, 0.5) is 8.78 Å². The molecule has 0 atom stereocenters. The Kier molecular flexibility index (Phi) is 3.03. The van der Waals surface area contributed by atoms with E-state index in [-0.39, 0.29) is 5.69 Å². The van der Waals surface area contributed by atoms with Gasteiger partial charge in [-0.3, -0.25) is 9.36 Å². The van der Waals surface area contributed by atoms with E-state index < -0.39 is 17.2 Å². The predicted molar refractivity (Wildman–Crippen MR) is 74.5 cm³/mol. The van der Waals surface area contributed by atoms with Crippen LogP contribution in [0.25, 0.3) is 16.6 Å². The first kappa shape index (κ1) is 12.8. The standard InChI is InChI=1S/C15H8ClF2NO/c16-10-4-1-3-9-7-8-13(20)19(15(9)10)12-6-2-5-11(17)14(12)18/h1-8H. The largest absolute Gasteiger partial charge is 0.272 e. The Balaban J connectivity index is 2.51. The third-order valence-corrected chi connectivity index (χ3v) is 3.34. The lowest BCUT2D eigenvalue weighted by molar-refractivity contribution is 0.504. The Morgan fingerprint density at radius 1 is 0.950 bits per heavy atom. The van der Waals surface area contributed by atoms with Crippen LogP contribution in [-0.4, -0.2) is 4.57 Å². The van der Waals surface area contributed by atoms with Gasteiger partial charge in [-0.1, -0.05) is 29.8 Å². The van der Waals surface area contributed by atoms with E-state index in [1.807, 2.05) is 0 Å². The van der Waals surface area contributed by atoms with E-state index in [4.69, 9.17) is 11.6 Å². The Bertz CT molecular complexity index is 873. The van der Waals surface area contributed by atoms with Crippen molar-refractivity contribution in [3.63, 3.8) is 0 Å². The lowest BCUT2D eigenvalue weighted by Gasteiger charge is -2.12. The predicted octanol–water partition coefficient (Wildman–Crippen LogP) is 3.92. The van der Waals surface area contributed by atoms with Gasteiger partial charge in [0.05, 0.1) is 16.2 Å². The average molecular weight is 292 g/mol. The fourth-order valence-corrected chi connectivity index (χ4v) is 2.42. The highest BCUT2D eigenvalue weighted by Gasteiger charge is 2.14. The Hall–Kier alpha value is -2.20. The van der Waals surface area contributed by atoms with Crippen molar-refractivity contribution in [2.45, 2.75) is 0 Å². The van der Waals surface area contributed by atoms with Crippen molar-refractivity contribution in [2.24, 2.45) is 0 Å². The third-order valence-electron chi connectivity index (χ3n) is 3.04. The van der Waals surface area contributed by atoms with Gasteiger partial charge in [-0.2, -0.15) is 0 Å². The minimum atomic E-state index is -1.08. The van der Waals surface area contributed by atoms with Crippen molar-refractivity contribution in [3.8, 4) is 5.69 Å². The smallest absolute Gasteiger partial charge is 0.255 e. The summed E-state index contributed by atoms with van der Waals surface area (Å²) in [6.45, 7) is 0. The summed E-state index contributed by atoms with van der Waals surface area (Å²) in [4.78, 5) is 12.1. The van der Waals surface area contributed by atoms with Gasteiger partial charge in [-0.15, -0.1) is 0 Å². The van der Waals surface area contributed by atoms with Crippen LogP contribution in [0.5, 0.6) is 0 Å². The van der Waals surface area contributed by atoms with Gasteiger partial charge in [0.15, 0.2) is 11.6 Å². The maximum Gasteiger partial charge on any atom is 0.255 e. The molecule has 3 rings (SSSR count). The molecule has 0 aliphatic rings. The molecular formula is C15H8ClF2NO. The second kappa shape index (κ2) is 4.72. The number of nitrogens with zero attached hydrogens (tertiary/aromatic N) is 1. The van der Waals surface area contributed by atoms with E-state index >= 15 is 0 Å². The second-order valence-electron chi connectivity index (χ2n) is 4.26.